The van der Waals surface area contributed by atoms with Crippen molar-refractivity contribution in [1.29, 1.82) is 0 Å². The molecule has 1 saturated carbocycles. The maximum absolute atomic E-state index is 13.8. The van der Waals surface area contributed by atoms with Gasteiger partial charge in [-0.2, -0.15) is 0 Å². The van der Waals surface area contributed by atoms with Crippen LogP contribution in [0.25, 0.3) is 0 Å². The second-order valence-corrected chi connectivity index (χ2v) is 8.03. The van der Waals surface area contributed by atoms with Crippen molar-refractivity contribution < 1.29 is 14.0 Å². The van der Waals surface area contributed by atoms with Crippen LogP contribution >= 0.6 is 11.6 Å². The van der Waals surface area contributed by atoms with Crippen molar-refractivity contribution in [3.8, 4) is 0 Å². The number of amides is 2. The molecule has 7 heteroatoms. The Kier molecular flexibility index (Phi) is 7.07. The third-order valence-electron chi connectivity index (χ3n) is 5.40. The molecule has 1 saturated heterocycles. The highest BCUT2D eigenvalue weighted by Crippen LogP contribution is 2.22. The van der Waals surface area contributed by atoms with Crippen molar-refractivity contribution >= 4 is 29.1 Å². The van der Waals surface area contributed by atoms with E-state index < -0.39 is 5.82 Å². The second kappa shape index (κ2) is 9.51. The van der Waals surface area contributed by atoms with Crippen LogP contribution in [-0.2, 0) is 9.59 Å². The van der Waals surface area contributed by atoms with E-state index in [1.54, 1.807) is 0 Å². The first-order chi connectivity index (χ1) is 13.0. The van der Waals surface area contributed by atoms with E-state index in [-0.39, 0.29) is 30.0 Å². The molecule has 1 unspecified atom stereocenters. The first kappa shape index (κ1) is 20.1. The minimum atomic E-state index is -0.517. The van der Waals surface area contributed by atoms with E-state index in [1.165, 1.54) is 37.5 Å². The lowest BCUT2D eigenvalue weighted by molar-refractivity contribution is -0.128. The molecule has 2 amide bonds. The fourth-order valence-electron chi connectivity index (χ4n) is 3.97. The highest BCUT2D eigenvalue weighted by Gasteiger charge is 2.28. The Morgan fingerprint density at radius 3 is 2.70 bits per heavy atom. The predicted molar refractivity (Wildman–Crippen MR) is 104 cm³/mol. The Labute approximate surface area is 164 Å². The lowest BCUT2D eigenvalue weighted by atomic mass is 9.93. The average Bonchev–Trinajstić information content (AvgIpc) is 2.65. The average molecular weight is 396 g/mol. The maximum atomic E-state index is 13.8. The van der Waals surface area contributed by atoms with Crippen LogP contribution in [-0.4, -0.2) is 42.4 Å². The van der Waals surface area contributed by atoms with E-state index >= 15 is 0 Å². The fourth-order valence-corrected chi connectivity index (χ4v) is 4.14. The molecular formula is C20H27ClFN3O2. The van der Waals surface area contributed by atoms with E-state index in [0.717, 1.165) is 32.2 Å². The monoisotopic (exact) mass is 395 g/mol. The summed E-state index contributed by atoms with van der Waals surface area (Å²) >= 11 is 5.85. The zero-order valence-corrected chi connectivity index (χ0v) is 16.2. The quantitative estimate of drug-likeness (QED) is 0.801. The highest BCUT2D eigenvalue weighted by atomic mass is 35.5. The zero-order valence-electron chi connectivity index (χ0n) is 15.5. The number of nitrogens with one attached hydrogen (secondary N) is 2. The number of nitrogens with zero attached hydrogens (tertiary/aromatic N) is 1. The molecule has 2 N–H and O–H groups in total. The van der Waals surface area contributed by atoms with Crippen molar-refractivity contribution in [3.63, 3.8) is 0 Å². The number of anilines is 1. The lowest BCUT2D eigenvalue weighted by Crippen LogP contribution is -2.47. The summed E-state index contributed by atoms with van der Waals surface area (Å²) in [5, 5.41) is 6.12. The van der Waals surface area contributed by atoms with Gasteiger partial charge in [0.25, 0.3) is 0 Å². The summed E-state index contributed by atoms with van der Waals surface area (Å²) in [5.41, 5.74) is 0.0797. The number of hydrogen-bond donors (Lipinski definition) is 2. The number of halogens is 2. The van der Waals surface area contributed by atoms with Crippen LogP contribution in [0.15, 0.2) is 18.2 Å². The SMILES string of the molecule is O=C(CN1CCCC(C(=O)NC2CCCCC2)C1)Nc1cc(Cl)ccc1F. The number of piperidine rings is 1. The van der Waals surface area contributed by atoms with E-state index in [4.69, 9.17) is 11.6 Å². The first-order valence-electron chi connectivity index (χ1n) is 9.79. The summed E-state index contributed by atoms with van der Waals surface area (Å²) in [4.78, 5) is 26.8. The van der Waals surface area contributed by atoms with Crippen molar-refractivity contribution in [2.75, 3.05) is 25.0 Å². The van der Waals surface area contributed by atoms with E-state index in [0.29, 0.717) is 17.6 Å². The van der Waals surface area contributed by atoms with Gasteiger partial charge < -0.3 is 10.6 Å². The summed E-state index contributed by atoms with van der Waals surface area (Å²) in [6.45, 7) is 1.46. The molecule has 3 rings (SSSR count). The lowest BCUT2D eigenvalue weighted by Gasteiger charge is -2.33. The van der Waals surface area contributed by atoms with Gasteiger partial charge in [0.05, 0.1) is 18.2 Å². The molecule has 27 heavy (non-hydrogen) atoms. The highest BCUT2D eigenvalue weighted by molar-refractivity contribution is 6.30. The van der Waals surface area contributed by atoms with Crippen LogP contribution in [0.2, 0.25) is 5.02 Å². The van der Waals surface area contributed by atoms with Gasteiger partial charge in [-0.15, -0.1) is 0 Å². The normalized spacial score (nSPS) is 21.6. The number of benzene rings is 1. The molecule has 1 aromatic carbocycles. The topological polar surface area (TPSA) is 61.4 Å². The summed E-state index contributed by atoms with van der Waals surface area (Å²) in [6.07, 6.45) is 7.47. The van der Waals surface area contributed by atoms with E-state index in [9.17, 15) is 14.0 Å². The minimum Gasteiger partial charge on any atom is -0.353 e. The van der Waals surface area contributed by atoms with Gasteiger partial charge in [-0.05, 0) is 50.4 Å². The fraction of sp³-hybridized carbons (Fsp3) is 0.600. The first-order valence-corrected chi connectivity index (χ1v) is 10.2. The van der Waals surface area contributed by atoms with E-state index in [2.05, 4.69) is 10.6 Å². The van der Waals surface area contributed by atoms with Gasteiger partial charge in [0.1, 0.15) is 5.82 Å². The minimum absolute atomic E-state index is 0.0797. The van der Waals surface area contributed by atoms with Crippen LogP contribution in [0.4, 0.5) is 10.1 Å². The third kappa shape index (κ3) is 5.91. The number of carbonyl (C=O) groups is 2. The number of carbonyl (C=O) groups excluding carboxylic acids is 2. The molecule has 1 aromatic rings. The molecule has 2 fully saturated rings. The predicted octanol–water partition coefficient (Wildman–Crippen LogP) is 3.58. The third-order valence-corrected chi connectivity index (χ3v) is 5.63. The molecule has 5 nitrogen and oxygen atoms in total. The van der Waals surface area contributed by atoms with Gasteiger partial charge >= 0.3 is 0 Å². The molecule has 0 aromatic heterocycles. The van der Waals surface area contributed by atoms with Gasteiger partial charge in [0.15, 0.2) is 0 Å². The molecule has 148 valence electrons. The van der Waals surface area contributed by atoms with Crippen LogP contribution in [0.3, 0.4) is 0 Å². The van der Waals surface area contributed by atoms with Crippen LogP contribution in [0, 0.1) is 11.7 Å². The number of rotatable bonds is 5. The summed E-state index contributed by atoms with van der Waals surface area (Å²) in [5.74, 6) is -0.801. The Hall–Kier alpha value is -1.66. The molecule has 1 aliphatic heterocycles. The molecule has 1 atom stereocenters. The number of likely N-dealkylation sites (tertiary alicyclic amines) is 1. The van der Waals surface area contributed by atoms with Gasteiger partial charge in [0.2, 0.25) is 11.8 Å². The largest absolute Gasteiger partial charge is 0.353 e. The van der Waals surface area contributed by atoms with Crippen LogP contribution in [0.1, 0.15) is 44.9 Å². The van der Waals surface area contributed by atoms with Crippen molar-refractivity contribution in [3.05, 3.63) is 29.0 Å². The Bertz CT molecular complexity index is 679. The zero-order chi connectivity index (χ0) is 19.2. The smallest absolute Gasteiger partial charge is 0.238 e. The molecule has 0 spiro atoms. The molecule has 2 aliphatic rings. The van der Waals surface area contributed by atoms with Gasteiger partial charge in [0, 0.05) is 17.6 Å². The Balaban J connectivity index is 1.49. The summed E-state index contributed by atoms with van der Waals surface area (Å²) in [6, 6.07) is 4.36. The Morgan fingerprint density at radius 2 is 1.93 bits per heavy atom. The van der Waals surface area contributed by atoms with Crippen molar-refractivity contribution in [2.24, 2.45) is 5.92 Å². The molecule has 0 bridgehead atoms. The van der Waals surface area contributed by atoms with Gasteiger partial charge in [-0.25, -0.2) is 4.39 Å². The Morgan fingerprint density at radius 1 is 1.15 bits per heavy atom. The molecule has 0 radical (unpaired) electrons. The van der Waals surface area contributed by atoms with Gasteiger partial charge in [-0.3, -0.25) is 14.5 Å². The van der Waals surface area contributed by atoms with Gasteiger partial charge in [-0.1, -0.05) is 30.9 Å². The molecule has 1 aliphatic carbocycles. The van der Waals surface area contributed by atoms with Crippen LogP contribution < -0.4 is 10.6 Å². The standard InChI is InChI=1S/C20H27ClFN3O2/c21-15-8-9-17(22)18(11-15)24-19(26)13-25-10-4-5-14(12-25)20(27)23-16-6-2-1-3-7-16/h8-9,11,14,16H,1-7,10,12-13H2,(H,23,27)(H,24,26). The van der Waals surface area contributed by atoms with Crippen LogP contribution in [0.5, 0.6) is 0 Å². The maximum Gasteiger partial charge on any atom is 0.238 e. The summed E-state index contributed by atoms with van der Waals surface area (Å²) < 4.78 is 13.8. The molecular weight excluding hydrogens is 369 g/mol. The second-order valence-electron chi connectivity index (χ2n) is 7.59. The van der Waals surface area contributed by atoms with Crippen molar-refractivity contribution in [1.82, 2.24) is 10.2 Å². The van der Waals surface area contributed by atoms with Crippen molar-refractivity contribution in [2.45, 2.75) is 51.0 Å². The molecule has 1 heterocycles. The number of hydrogen-bond acceptors (Lipinski definition) is 3. The van der Waals surface area contributed by atoms with E-state index in [1.807, 2.05) is 4.90 Å². The summed E-state index contributed by atoms with van der Waals surface area (Å²) in [7, 11) is 0.